The molecule has 43 heavy (non-hydrogen) atoms. The van der Waals surface area contributed by atoms with Crippen LogP contribution in [-0.2, 0) is 16.8 Å². The van der Waals surface area contributed by atoms with Gasteiger partial charge in [0.2, 0.25) is 12.2 Å². The van der Waals surface area contributed by atoms with E-state index in [2.05, 4.69) is 9.97 Å². The van der Waals surface area contributed by atoms with Crippen molar-refractivity contribution in [1.29, 1.82) is 0 Å². The quantitative estimate of drug-likeness (QED) is 0.258. The zero-order chi connectivity index (χ0) is 30.9. The van der Waals surface area contributed by atoms with Gasteiger partial charge < -0.3 is 39.4 Å². The lowest BCUT2D eigenvalue weighted by Crippen LogP contribution is -2.58. The molecule has 12 heteroatoms. The molecule has 1 saturated heterocycles. The molecule has 2 aromatic heterocycles. The summed E-state index contributed by atoms with van der Waals surface area (Å²) >= 11 is 0. The van der Waals surface area contributed by atoms with Gasteiger partial charge in [0.1, 0.15) is 23.9 Å². The van der Waals surface area contributed by atoms with Crippen LogP contribution in [0.5, 0.6) is 17.4 Å². The molecule has 1 aliphatic carbocycles. The van der Waals surface area contributed by atoms with Gasteiger partial charge in [-0.2, -0.15) is 8.78 Å². The minimum absolute atomic E-state index is 0.0397. The smallest absolute Gasteiger partial charge is 0.387 e. The number of aliphatic hydroxyl groups is 4. The topological polar surface area (TPSA) is 144 Å². The van der Waals surface area contributed by atoms with Gasteiger partial charge in [0.15, 0.2) is 11.5 Å². The maximum Gasteiger partial charge on any atom is 0.387 e. The molecule has 232 valence electrons. The van der Waals surface area contributed by atoms with Crippen LogP contribution >= 0.6 is 0 Å². The van der Waals surface area contributed by atoms with Gasteiger partial charge in [-0.1, -0.05) is 18.2 Å². The average Bonchev–Trinajstić information content (AvgIpc) is 3.79. The van der Waals surface area contributed by atoms with Crippen LogP contribution < -0.4 is 14.2 Å². The summed E-state index contributed by atoms with van der Waals surface area (Å²) in [6.45, 7) is 1.85. The van der Waals surface area contributed by atoms with Gasteiger partial charge in [-0.3, -0.25) is 4.98 Å². The lowest BCUT2D eigenvalue weighted by atomic mass is 9.86. The number of alkyl halides is 2. The maximum atomic E-state index is 13.1. The van der Waals surface area contributed by atoms with Crippen molar-refractivity contribution in [1.82, 2.24) is 9.97 Å². The van der Waals surface area contributed by atoms with Crippen molar-refractivity contribution in [2.75, 3.05) is 0 Å². The Balaban J connectivity index is 1.41. The van der Waals surface area contributed by atoms with Gasteiger partial charge in [-0.25, -0.2) is 4.98 Å². The third kappa shape index (κ3) is 7.57. The van der Waals surface area contributed by atoms with Crippen molar-refractivity contribution < 1.29 is 48.2 Å². The van der Waals surface area contributed by atoms with Crippen molar-refractivity contribution in [3.63, 3.8) is 0 Å². The highest BCUT2D eigenvalue weighted by atomic mass is 19.3. The Hall–Kier alpha value is -3.42. The molecule has 1 saturated carbocycles. The van der Waals surface area contributed by atoms with Gasteiger partial charge in [0.05, 0.1) is 17.9 Å². The summed E-state index contributed by atoms with van der Waals surface area (Å²) in [6.07, 6.45) is -0.799. The number of pyridine rings is 2. The summed E-state index contributed by atoms with van der Waals surface area (Å²) in [5.41, 5.74) is 1.75. The number of halogens is 2. The first kappa shape index (κ1) is 31.0. The van der Waals surface area contributed by atoms with E-state index in [4.69, 9.17) is 18.9 Å². The Labute approximate surface area is 247 Å². The molecule has 0 amide bonds. The van der Waals surface area contributed by atoms with Crippen LogP contribution in [-0.4, -0.2) is 73.8 Å². The Morgan fingerprint density at radius 1 is 0.907 bits per heavy atom. The molecule has 2 unspecified atom stereocenters. The number of aromatic nitrogens is 2. The molecule has 6 atom stereocenters. The van der Waals surface area contributed by atoms with Crippen molar-refractivity contribution >= 4 is 0 Å². The number of benzene rings is 1. The van der Waals surface area contributed by atoms with Crippen LogP contribution in [0.1, 0.15) is 61.9 Å². The standard InChI is InChI=1S/C31H36F2N2O8/c1-16-26(36)27(37)28(38)29(40-16)43-25-11-4-17(14-35-25)12-21(19-6-10-24(34-15-19)31(2,3)39)18-5-9-22(42-30(32)33)23(13-18)41-20-7-8-20/h4-6,9-11,13-16,20-21,26-30,36-39H,7-8,12H2,1-3H3/t16?,21-,26+,27?,28-,29-/m0/s1. The van der Waals surface area contributed by atoms with Crippen LogP contribution in [0, 0.1) is 0 Å². The summed E-state index contributed by atoms with van der Waals surface area (Å²) in [6, 6.07) is 11.9. The first-order chi connectivity index (χ1) is 20.4. The Bertz CT molecular complexity index is 1370. The van der Waals surface area contributed by atoms with E-state index in [0.29, 0.717) is 12.1 Å². The second kappa shape index (κ2) is 12.7. The highest BCUT2D eigenvalue weighted by Crippen LogP contribution is 2.39. The van der Waals surface area contributed by atoms with Crippen molar-refractivity contribution in [3.05, 3.63) is 77.2 Å². The minimum Gasteiger partial charge on any atom is -0.487 e. The molecule has 0 radical (unpaired) electrons. The lowest BCUT2D eigenvalue weighted by Gasteiger charge is -2.38. The van der Waals surface area contributed by atoms with Crippen LogP contribution in [0.25, 0.3) is 0 Å². The number of aliphatic hydroxyl groups excluding tert-OH is 3. The zero-order valence-corrected chi connectivity index (χ0v) is 24.0. The van der Waals surface area contributed by atoms with Gasteiger partial charge in [-0.15, -0.1) is 0 Å². The molecular weight excluding hydrogens is 566 g/mol. The Morgan fingerprint density at radius 3 is 2.26 bits per heavy atom. The number of nitrogens with zero attached hydrogens (tertiary/aromatic N) is 2. The molecule has 3 heterocycles. The summed E-state index contributed by atoms with van der Waals surface area (Å²) in [5.74, 6) is 0.0352. The second-order valence-electron chi connectivity index (χ2n) is 11.5. The molecule has 0 spiro atoms. The Kier molecular flexibility index (Phi) is 9.14. The molecule has 1 aliphatic heterocycles. The predicted molar refractivity (Wildman–Crippen MR) is 149 cm³/mol. The highest BCUT2D eigenvalue weighted by Gasteiger charge is 2.43. The normalized spacial score (nSPS) is 24.9. The van der Waals surface area contributed by atoms with Crippen molar-refractivity contribution in [2.45, 2.75) is 95.0 Å². The van der Waals surface area contributed by atoms with Gasteiger partial charge >= 0.3 is 6.61 Å². The van der Waals surface area contributed by atoms with Crippen LogP contribution in [0.15, 0.2) is 54.9 Å². The third-order valence-corrected chi connectivity index (χ3v) is 7.50. The number of hydrogen-bond donors (Lipinski definition) is 4. The van der Waals surface area contributed by atoms with Gasteiger partial charge in [0, 0.05) is 24.4 Å². The molecule has 5 rings (SSSR count). The molecule has 10 nitrogen and oxygen atoms in total. The van der Waals surface area contributed by atoms with E-state index in [9.17, 15) is 29.2 Å². The van der Waals surface area contributed by atoms with E-state index < -0.39 is 42.9 Å². The monoisotopic (exact) mass is 602 g/mol. The second-order valence-corrected chi connectivity index (χ2v) is 11.5. The maximum absolute atomic E-state index is 13.1. The molecule has 3 aromatic rings. The van der Waals surface area contributed by atoms with Gasteiger partial charge in [-0.05, 0) is 74.9 Å². The fourth-order valence-corrected chi connectivity index (χ4v) is 4.86. The van der Waals surface area contributed by atoms with E-state index in [1.807, 2.05) is 6.07 Å². The first-order valence-corrected chi connectivity index (χ1v) is 14.1. The number of rotatable bonds is 11. The summed E-state index contributed by atoms with van der Waals surface area (Å²) in [4.78, 5) is 8.80. The predicted octanol–water partition coefficient (Wildman–Crippen LogP) is 3.43. The summed E-state index contributed by atoms with van der Waals surface area (Å²) < 4.78 is 47.9. The third-order valence-electron chi connectivity index (χ3n) is 7.50. The number of ether oxygens (including phenoxy) is 4. The van der Waals surface area contributed by atoms with Crippen LogP contribution in [0.2, 0.25) is 0 Å². The average molecular weight is 603 g/mol. The van der Waals surface area contributed by atoms with E-state index in [0.717, 1.165) is 29.5 Å². The number of hydrogen-bond acceptors (Lipinski definition) is 10. The van der Waals surface area contributed by atoms with Crippen LogP contribution in [0.3, 0.4) is 0 Å². The first-order valence-electron chi connectivity index (χ1n) is 14.1. The molecular formula is C31H36F2N2O8. The zero-order valence-electron chi connectivity index (χ0n) is 24.0. The van der Waals surface area contributed by atoms with Crippen molar-refractivity contribution in [3.8, 4) is 17.4 Å². The van der Waals surface area contributed by atoms with E-state index in [1.54, 1.807) is 63.5 Å². The molecule has 2 aliphatic rings. The lowest BCUT2D eigenvalue weighted by molar-refractivity contribution is -0.268. The van der Waals surface area contributed by atoms with Gasteiger partial charge in [0.25, 0.3) is 0 Å². The largest absolute Gasteiger partial charge is 0.487 e. The Morgan fingerprint density at radius 2 is 1.65 bits per heavy atom. The fraction of sp³-hybridized carbons (Fsp3) is 0.484. The van der Waals surface area contributed by atoms with E-state index >= 15 is 0 Å². The molecule has 4 N–H and O–H groups in total. The van der Waals surface area contributed by atoms with Crippen LogP contribution in [0.4, 0.5) is 8.78 Å². The fourth-order valence-electron chi connectivity index (χ4n) is 4.86. The highest BCUT2D eigenvalue weighted by molar-refractivity contribution is 5.47. The molecule has 1 aromatic carbocycles. The summed E-state index contributed by atoms with van der Waals surface area (Å²) in [5, 5.41) is 40.6. The van der Waals surface area contributed by atoms with Crippen molar-refractivity contribution in [2.24, 2.45) is 0 Å². The summed E-state index contributed by atoms with van der Waals surface area (Å²) in [7, 11) is 0. The van der Waals surface area contributed by atoms with E-state index in [1.165, 1.54) is 6.07 Å². The molecule has 0 bridgehead atoms. The van der Waals surface area contributed by atoms with E-state index in [-0.39, 0.29) is 29.4 Å². The SMILES string of the molecule is CC1O[C@@H](Oc2ccc(C[C@H](c3ccc(C(C)(C)O)nc3)c3ccc(OC(F)F)c(OC4CC4)c3)cn2)[C@@H](O)C(O)[C@@H]1O. The minimum atomic E-state index is -3.00. The molecule has 2 fully saturated rings.